The van der Waals surface area contributed by atoms with E-state index in [0.717, 1.165) is 0 Å². The lowest BCUT2D eigenvalue weighted by molar-refractivity contribution is -0.118. The van der Waals surface area contributed by atoms with Gasteiger partial charge in [0.2, 0.25) is 11.7 Å². The number of hydrogen-bond donors (Lipinski definition) is 1. The quantitative estimate of drug-likeness (QED) is 0.544. The molecule has 4 rings (SSSR count). The lowest BCUT2D eigenvalue weighted by Gasteiger charge is -2.22. The molecule has 0 fully saturated rings. The summed E-state index contributed by atoms with van der Waals surface area (Å²) in [4.78, 5) is 39.1. The molecule has 11 heteroatoms. The predicted octanol–water partition coefficient (Wildman–Crippen LogP) is 3.86. The van der Waals surface area contributed by atoms with Crippen molar-refractivity contribution in [2.45, 2.75) is 29.9 Å². The lowest BCUT2D eigenvalue weighted by atomic mass is 10.1. The Morgan fingerprint density at radius 3 is 2.73 bits per heavy atom. The van der Waals surface area contributed by atoms with Gasteiger partial charge in [-0.3, -0.25) is 19.5 Å². The van der Waals surface area contributed by atoms with Crippen molar-refractivity contribution < 1.29 is 22.8 Å². The lowest BCUT2D eigenvalue weighted by Crippen LogP contribution is -2.43. The first-order chi connectivity index (χ1) is 15.7. The first kappa shape index (κ1) is 22.9. The minimum atomic E-state index is -4.40. The molecule has 7 nitrogen and oxygen atoms in total. The van der Waals surface area contributed by atoms with Gasteiger partial charge in [0.15, 0.2) is 0 Å². The monoisotopic (exact) mass is 473 g/mol. The summed E-state index contributed by atoms with van der Waals surface area (Å²) in [7, 11) is 0. The minimum absolute atomic E-state index is 0.0341. The van der Waals surface area contributed by atoms with Crippen LogP contribution in [0.1, 0.15) is 23.1 Å². The third kappa shape index (κ3) is 5.20. The van der Waals surface area contributed by atoms with E-state index in [4.69, 9.17) is 0 Å². The van der Waals surface area contributed by atoms with Gasteiger partial charge in [-0.25, -0.2) is 9.97 Å². The molecule has 3 aromatic rings. The average Bonchev–Trinajstić information content (AvgIpc) is 3.03. The summed E-state index contributed by atoms with van der Waals surface area (Å²) in [5, 5.41) is 3.00. The fourth-order valence-corrected chi connectivity index (χ4v) is 4.14. The van der Waals surface area contributed by atoms with E-state index in [2.05, 4.69) is 20.3 Å². The molecule has 33 heavy (non-hydrogen) atoms. The topological polar surface area (TPSA) is 88.1 Å². The normalized spacial score (nSPS) is 15.6. The molecule has 0 saturated carbocycles. The fraction of sp³-hybridized carbons (Fsp3) is 0.227. The number of benzene rings is 1. The second-order valence-electron chi connectivity index (χ2n) is 7.28. The molecule has 1 aromatic carbocycles. The molecule has 1 N–H and O–H groups in total. The number of hydrogen-bond acceptors (Lipinski definition) is 7. The molecule has 1 aliphatic rings. The Labute approximate surface area is 191 Å². The van der Waals surface area contributed by atoms with Crippen LogP contribution in [-0.2, 0) is 11.3 Å². The van der Waals surface area contributed by atoms with Crippen LogP contribution in [0, 0.1) is 0 Å². The molecule has 3 heterocycles. The Kier molecular flexibility index (Phi) is 6.43. The summed E-state index contributed by atoms with van der Waals surface area (Å²) in [6, 6.07) is 8.54. The molecule has 0 spiro atoms. The van der Waals surface area contributed by atoms with Gasteiger partial charge >= 0.3 is 5.51 Å². The fourth-order valence-electron chi connectivity index (χ4n) is 3.54. The number of ketones is 1. The summed E-state index contributed by atoms with van der Waals surface area (Å²) in [6.07, 6.45) is 4.44. The third-order valence-corrected chi connectivity index (χ3v) is 5.74. The molecular weight excluding hydrogens is 455 g/mol. The van der Waals surface area contributed by atoms with Gasteiger partial charge in [0.05, 0.1) is 24.0 Å². The summed E-state index contributed by atoms with van der Waals surface area (Å²) in [5.41, 5.74) is -2.18. The van der Waals surface area contributed by atoms with E-state index in [1.54, 1.807) is 31.3 Å². The van der Waals surface area contributed by atoms with Gasteiger partial charge in [-0.05, 0) is 48.5 Å². The molecule has 170 valence electrons. The van der Waals surface area contributed by atoms with Gasteiger partial charge in [-0.1, -0.05) is 12.1 Å². The summed E-state index contributed by atoms with van der Waals surface area (Å²) >= 11 is -0.208. The van der Waals surface area contributed by atoms with Crippen molar-refractivity contribution in [1.29, 1.82) is 0 Å². The van der Waals surface area contributed by atoms with Crippen LogP contribution in [0.4, 0.5) is 18.9 Å². The standard InChI is InChI=1S/C22H18F3N5O2S/c1-13-21(32)20-18(30(13)19(31)11-27-10-16-5-6-26-12-29-16)8-15(9-28-20)14-3-2-4-17(7-14)33-22(23,24)25/h2-9,12-13,27H,10-11H2,1H3. The molecule has 0 aliphatic carbocycles. The number of anilines is 1. The maximum Gasteiger partial charge on any atom is 0.446 e. The van der Waals surface area contributed by atoms with E-state index < -0.39 is 11.6 Å². The van der Waals surface area contributed by atoms with Gasteiger partial charge in [-0.2, -0.15) is 13.2 Å². The highest BCUT2D eigenvalue weighted by molar-refractivity contribution is 8.00. The summed E-state index contributed by atoms with van der Waals surface area (Å²) in [5.74, 6) is -0.619. The minimum Gasteiger partial charge on any atom is -0.303 e. The van der Waals surface area contributed by atoms with Gasteiger partial charge in [0, 0.05) is 29.4 Å². The van der Waals surface area contributed by atoms with E-state index in [0.29, 0.717) is 29.1 Å². The zero-order valence-electron chi connectivity index (χ0n) is 17.3. The van der Waals surface area contributed by atoms with Crippen molar-refractivity contribution in [2.75, 3.05) is 11.4 Å². The zero-order valence-corrected chi connectivity index (χ0v) is 18.2. The molecule has 1 unspecified atom stereocenters. The molecule has 0 bridgehead atoms. The van der Waals surface area contributed by atoms with E-state index >= 15 is 0 Å². The molecule has 1 aliphatic heterocycles. The summed E-state index contributed by atoms with van der Waals surface area (Å²) < 4.78 is 38.2. The number of alkyl halides is 3. The molecule has 1 atom stereocenters. The first-order valence-corrected chi connectivity index (χ1v) is 10.7. The van der Waals surface area contributed by atoms with Gasteiger partial charge in [-0.15, -0.1) is 0 Å². The number of fused-ring (bicyclic) bond motifs is 1. The maximum absolute atomic E-state index is 12.9. The molecule has 0 radical (unpaired) electrons. The molecule has 0 saturated heterocycles. The Morgan fingerprint density at radius 1 is 1.18 bits per heavy atom. The van der Waals surface area contributed by atoms with Crippen molar-refractivity contribution >= 4 is 29.1 Å². The number of carbonyl (C=O) groups is 2. The van der Waals surface area contributed by atoms with Crippen LogP contribution in [0.3, 0.4) is 0 Å². The zero-order chi connectivity index (χ0) is 23.6. The number of thioether (sulfide) groups is 1. The van der Waals surface area contributed by atoms with Crippen molar-refractivity contribution in [3.8, 4) is 11.1 Å². The molecule has 2 aromatic heterocycles. The van der Waals surface area contributed by atoms with Crippen LogP contribution < -0.4 is 10.2 Å². The number of nitrogens with one attached hydrogen (secondary N) is 1. The highest BCUT2D eigenvalue weighted by Crippen LogP contribution is 2.39. The second-order valence-corrected chi connectivity index (χ2v) is 8.41. The number of rotatable bonds is 6. The Balaban J connectivity index is 1.56. The number of pyridine rings is 1. The molecular formula is C22H18F3N5O2S. The average molecular weight is 473 g/mol. The highest BCUT2D eigenvalue weighted by atomic mass is 32.2. The van der Waals surface area contributed by atoms with Crippen molar-refractivity contribution in [2.24, 2.45) is 0 Å². The highest BCUT2D eigenvalue weighted by Gasteiger charge is 2.39. The van der Waals surface area contributed by atoms with Gasteiger partial charge < -0.3 is 5.32 Å². The SMILES string of the molecule is CC1C(=O)c2ncc(-c3cccc(SC(F)(F)F)c3)cc2N1C(=O)CNCc1ccncn1. The number of halogens is 3. The maximum atomic E-state index is 12.9. The largest absolute Gasteiger partial charge is 0.446 e. The Morgan fingerprint density at radius 2 is 2.00 bits per heavy atom. The van der Waals surface area contributed by atoms with Gasteiger partial charge in [0.25, 0.3) is 0 Å². The number of Topliss-reactive ketones (excluding diaryl/α,β-unsaturated/α-hetero) is 1. The van der Waals surface area contributed by atoms with Crippen molar-refractivity contribution in [1.82, 2.24) is 20.3 Å². The van der Waals surface area contributed by atoms with E-state index in [1.165, 1.54) is 35.6 Å². The number of nitrogens with zero attached hydrogens (tertiary/aromatic N) is 4. The van der Waals surface area contributed by atoms with Crippen molar-refractivity contribution in [3.63, 3.8) is 0 Å². The van der Waals surface area contributed by atoms with Crippen LogP contribution in [0.15, 0.2) is 60.0 Å². The van der Waals surface area contributed by atoms with Crippen molar-refractivity contribution in [3.05, 3.63) is 66.5 Å². The predicted molar refractivity (Wildman–Crippen MR) is 117 cm³/mol. The van der Waals surface area contributed by atoms with Gasteiger partial charge in [0.1, 0.15) is 12.0 Å². The Bertz CT molecular complexity index is 1190. The van der Waals surface area contributed by atoms with Crippen LogP contribution in [-0.4, -0.2) is 44.7 Å². The van der Waals surface area contributed by atoms with Crippen LogP contribution in [0.2, 0.25) is 0 Å². The van der Waals surface area contributed by atoms with Crippen LogP contribution >= 0.6 is 11.8 Å². The number of carbonyl (C=O) groups excluding carboxylic acids is 2. The van der Waals surface area contributed by atoms with E-state index in [1.807, 2.05) is 0 Å². The number of amides is 1. The number of aromatic nitrogens is 3. The molecule has 1 amide bonds. The first-order valence-electron chi connectivity index (χ1n) is 9.91. The Hall–Kier alpha value is -3.31. The van der Waals surface area contributed by atoms with E-state index in [-0.39, 0.29) is 40.6 Å². The third-order valence-electron chi connectivity index (χ3n) is 5.02. The van der Waals surface area contributed by atoms with E-state index in [9.17, 15) is 22.8 Å². The van der Waals surface area contributed by atoms with Crippen LogP contribution in [0.25, 0.3) is 11.1 Å². The van der Waals surface area contributed by atoms with Crippen LogP contribution in [0.5, 0.6) is 0 Å². The second kappa shape index (κ2) is 9.28. The summed E-state index contributed by atoms with van der Waals surface area (Å²) in [6.45, 7) is 1.93. The smallest absolute Gasteiger partial charge is 0.303 e.